The number of para-hydroxylation sites is 3. The second-order valence-corrected chi connectivity index (χ2v) is 14.3. The smallest absolute Gasteiger partial charge is 0.509 e. The maximum absolute atomic E-state index is 6.44. The van der Waals surface area contributed by atoms with Crippen LogP contribution in [0.4, 0.5) is 0 Å². The fourth-order valence-electron chi connectivity index (χ4n) is 7.81. The van der Waals surface area contributed by atoms with E-state index in [9.17, 15) is 0 Å². The van der Waals surface area contributed by atoms with Crippen LogP contribution in [-0.2, 0) is 21.1 Å². The molecule has 7 heteroatoms. The standard InChI is InChI=1S/C46H39N5O.Pt/c1-28(2)36-15-10-17-40-41-18-11-16-37(29(3)4)46(41)49(45(36)40)32-22-23-47-44(26-32)50-42-19-8-7-14-38(42)39-21-20-35(27-43(39)50)52-34-13-9-12-33(25-34)51-31(6)24-30(5)48-51;/h7-24,26,28-29H,1-6H3;/q-2;+2. The molecular weight excluding hydrogens is 834 g/mol. The molecule has 0 aliphatic heterocycles. The molecule has 53 heavy (non-hydrogen) atoms. The van der Waals surface area contributed by atoms with Crippen molar-refractivity contribution in [1.29, 1.82) is 0 Å². The first-order valence-electron chi connectivity index (χ1n) is 18.0. The van der Waals surface area contributed by atoms with Crippen LogP contribution in [0.2, 0.25) is 0 Å². The second-order valence-electron chi connectivity index (χ2n) is 14.3. The third kappa shape index (κ3) is 5.77. The first-order chi connectivity index (χ1) is 25.3. The van der Waals surface area contributed by atoms with Gasteiger partial charge in [-0.25, -0.2) is 4.98 Å². The number of fused-ring (bicyclic) bond motifs is 6. The van der Waals surface area contributed by atoms with Gasteiger partial charge in [-0.3, -0.25) is 4.68 Å². The van der Waals surface area contributed by atoms with Gasteiger partial charge in [-0.15, -0.1) is 35.7 Å². The van der Waals surface area contributed by atoms with E-state index in [-0.39, 0.29) is 21.1 Å². The van der Waals surface area contributed by atoms with Gasteiger partial charge < -0.3 is 13.9 Å². The number of ether oxygens (including phenoxy) is 1. The van der Waals surface area contributed by atoms with Crippen molar-refractivity contribution in [3.05, 3.63) is 150 Å². The molecule has 0 aliphatic carbocycles. The van der Waals surface area contributed by atoms with Gasteiger partial charge in [-0.2, -0.15) is 17.2 Å². The molecule has 9 rings (SSSR count). The maximum Gasteiger partial charge on any atom is 2.00 e. The van der Waals surface area contributed by atoms with E-state index >= 15 is 0 Å². The monoisotopic (exact) mass is 872 g/mol. The number of rotatable bonds is 7. The SMILES string of the molecule is Cc1cc(C)n(-c2[c-]c(Oc3[c-]c4c(cc3)c3ccccc3n4-c3cc(-n4c5c(C(C)C)cccc5c5cccc(C(C)C)c54)ccn3)ccc2)n1.[Pt+2]. The number of benzene rings is 5. The molecule has 0 amide bonds. The Labute approximate surface area is 323 Å². The molecule has 4 heterocycles. The Balaban J connectivity index is 0.00000400. The Hall–Kier alpha value is -5.45. The summed E-state index contributed by atoms with van der Waals surface area (Å²) in [6.45, 7) is 13.1. The van der Waals surface area contributed by atoms with Gasteiger partial charge in [0.25, 0.3) is 0 Å². The first-order valence-corrected chi connectivity index (χ1v) is 18.0. The van der Waals surface area contributed by atoms with Crippen molar-refractivity contribution in [2.24, 2.45) is 0 Å². The summed E-state index contributed by atoms with van der Waals surface area (Å²) in [5.74, 6) is 2.71. The number of hydrogen-bond acceptors (Lipinski definition) is 3. The number of pyridine rings is 1. The molecule has 0 saturated heterocycles. The van der Waals surface area contributed by atoms with E-state index < -0.39 is 0 Å². The molecule has 0 unspecified atom stereocenters. The zero-order chi connectivity index (χ0) is 35.7. The van der Waals surface area contributed by atoms with Gasteiger partial charge in [0.15, 0.2) is 0 Å². The van der Waals surface area contributed by atoms with E-state index in [1.807, 2.05) is 49.0 Å². The normalized spacial score (nSPS) is 11.8. The van der Waals surface area contributed by atoms with Crippen LogP contribution in [0.3, 0.4) is 0 Å². The van der Waals surface area contributed by atoms with Crippen LogP contribution < -0.4 is 4.74 Å². The molecule has 0 atom stereocenters. The quantitative estimate of drug-likeness (QED) is 0.150. The van der Waals surface area contributed by atoms with Gasteiger partial charge in [0.05, 0.1) is 22.4 Å². The summed E-state index contributed by atoms with van der Waals surface area (Å²) in [7, 11) is 0. The summed E-state index contributed by atoms with van der Waals surface area (Å²) in [4.78, 5) is 5.01. The van der Waals surface area contributed by atoms with Crippen molar-refractivity contribution < 1.29 is 25.8 Å². The summed E-state index contributed by atoms with van der Waals surface area (Å²) in [5.41, 5.74) is 11.0. The minimum atomic E-state index is 0. The fourth-order valence-corrected chi connectivity index (χ4v) is 7.81. The molecule has 0 spiro atoms. The number of hydrogen-bond donors (Lipinski definition) is 0. The van der Waals surface area contributed by atoms with Crippen molar-refractivity contribution in [2.75, 3.05) is 0 Å². The predicted octanol–water partition coefficient (Wildman–Crippen LogP) is 11.7. The van der Waals surface area contributed by atoms with Crippen LogP contribution in [-0.4, -0.2) is 23.9 Å². The molecule has 0 aliphatic rings. The second kappa shape index (κ2) is 13.5. The minimum absolute atomic E-state index is 0. The molecule has 0 saturated carbocycles. The van der Waals surface area contributed by atoms with E-state index in [0.29, 0.717) is 23.3 Å². The summed E-state index contributed by atoms with van der Waals surface area (Å²) >= 11 is 0. The Morgan fingerprint density at radius 1 is 0.623 bits per heavy atom. The van der Waals surface area contributed by atoms with Crippen molar-refractivity contribution in [3.63, 3.8) is 0 Å². The van der Waals surface area contributed by atoms with Crippen molar-refractivity contribution in [3.8, 4) is 28.7 Å². The van der Waals surface area contributed by atoms with Crippen molar-refractivity contribution in [1.82, 2.24) is 23.9 Å². The van der Waals surface area contributed by atoms with Gasteiger partial charge in [0, 0.05) is 45.7 Å². The third-order valence-corrected chi connectivity index (χ3v) is 10.1. The van der Waals surface area contributed by atoms with Crippen LogP contribution in [0, 0.1) is 26.0 Å². The fraction of sp³-hybridized carbons (Fsp3) is 0.174. The first kappa shape index (κ1) is 34.6. The minimum Gasteiger partial charge on any atom is -0.509 e. The number of aromatic nitrogens is 5. The number of aryl methyl sites for hydroxylation is 2. The molecule has 0 bridgehead atoms. The predicted molar refractivity (Wildman–Crippen MR) is 212 cm³/mol. The molecular formula is C46H39N5OPt. The van der Waals surface area contributed by atoms with Gasteiger partial charge in [-0.05, 0) is 66.1 Å². The van der Waals surface area contributed by atoms with Crippen molar-refractivity contribution in [2.45, 2.75) is 53.4 Å². The Kier molecular flexibility index (Phi) is 8.83. The summed E-state index contributed by atoms with van der Waals surface area (Å²) in [6, 6.07) is 45.3. The molecule has 9 aromatic rings. The van der Waals surface area contributed by atoms with Gasteiger partial charge >= 0.3 is 21.1 Å². The maximum atomic E-state index is 6.44. The average Bonchev–Trinajstić information content (AvgIpc) is 3.79. The van der Waals surface area contributed by atoms with Crippen molar-refractivity contribution >= 4 is 43.6 Å². The van der Waals surface area contributed by atoms with Crippen LogP contribution >= 0.6 is 0 Å². The summed E-state index contributed by atoms with van der Waals surface area (Å²) < 4.78 is 13.0. The molecule has 4 aromatic heterocycles. The summed E-state index contributed by atoms with van der Waals surface area (Å²) in [6.07, 6.45) is 1.93. The molecule has 0 fully saturated rings. The van der Waals surface area contributed by atoms with Crippen LogP contribution in [0.1, 0.15) is 62.0 Å². The van der Waals surface area contributed by atoms with E-state index in [2.05, 4.69) is 139 Å². The zero-order valence-electron chi connectivity index (χ0n) is 30.6. The molecule has 0 radical (unpaired) electrons. The van der Waals surface area contributed by atoms with E-state index in [1.165, 1.54) is 32.9 Å². The van der Waals surface area contributed by atoms with Gasteiger partial charge in [0.1, 0.15) is 5.82 Å². The topological polar surface area (TPSA) is 49.8 Å². The summed E-state index contributed by atoms with van der Waals surface area (Å²) in [5, 5.41) is 9.39. The Morgan fingerprint density at radius 3 is 1.96 bits per heavy atom. The molecule has 0 N–H and O–H groups in total. The zero-order valence-corrected chi connectivity index (χ0v) is 32.9. The third-order valence-electron chi connectivity index (χ3n) is 10.1. The Morgan fingerprint density at radius 2 is 1.28 bits per heavy atom. The van der Waals surface area contributed by atoms with Crippen LogP contribution in [0.5, 0.6) is 11.5 Å². The molecule has 264 valence electrons. The largest absolute Gasteiger partial charge is 2.00 e. The number of nitrogens with zero attached hydrogens (tertiary/aromatic N) is 5. The van der Waals surface area contributed by atoms with Gasteiger partial charge in [-0.1, -0.05) is 87.8 Å². The van der Waals surface area contributed by atoms with E-state index in [1.54, 1.807) is 0 Å². The average molecular weight is 873 g/mol. The van der Waals surface area contributed by atoms with Gasteiger partial charge in [0.2, 0.25) is 0 Å². The Bertz CT molecular complexity index is 2750. The van der Waals surface area contributed by atoms with Crippen LogP contribution in [0.15, 0.2) is 115 Å². The molecule has 5 aromatic carbocycles. The van der Waals surface area contributed by atoms with Crippen LogP contribution in [0.25, 0.3) is 60.8 Å². The van der Waals surface area contributed by atoms with E-state index in [4.69, 9.17) is 9.72 Å². The molecule has 6 nitrogen and oxygen atoms in total. The van der Waals surface area contributed by atoms with E-state index in [0.717, 1.165) is 50.4 Å².